The maximum absolute atomic E-state index is 12.3. The van der Waals surface area contributed by atoms with Gasteiger partial charge in [0.05, 0.1) is 5.69 Å². The normalized spacial score (nSPS) is 11.1. The van der Waals surface area contributed by atoms with Crippen LogP contribution in [0.4, 0.5) is 18.9 Å². The van der Waals surface area contributed by atoms with Crippen molar-refractivity contribution in [3.05, 3.63) is 24.0 Å². The van der Waals surface area contributed by atoms with Crippen molar-refractivity contribution in [1.82, 2.24) is 9.88 Å². The third kappa shape index (κ3) is 4.45. The number of nitrogens with zero attached hydrogens (tertiary/aromatic N) is 2. The molecule has 0 aliphatic rings. The van der Waals surface area contributed by atoms with Crippen molar-refractivity contribution in [2.75, 3.05) is 18.8 Å². The summed E-state index contributed by atoms with van der Waals surface area (Å²) in [5, 5.41) is 8.53. The lowest BCUT2D eigenvalue weighted by atomic mass is 10.2. The van der Waals surface area contributed by atoms with Crippen LogP contribution in [0.5, 0.6) is 0 Å². The Morgan fingerprint density at radius 2 is 2.05 bits per heavy atom. The standard InChI is InChI=1S/C10H10F3N3O3/c11-10(12,13)5-16(4-7(17)18)9(19)8-6(14)2-1-3-15-8/h1-3H,4-5,14H2,(H,17,18). The summed E-state index contributed by atoms with van der Waals surface area (Å²) in [6.07, 6.45) is -3.54. The van der Waals surface area contributed by atoms with Crippen LogP contribution in [-0.4, -0.2) is 46.1 Å². The van der Waals surface area contributed by atoms with Gasteiger partial charge in [-0.15, -0.1) is 0 Å². The Kier molecular flexibility index (Phi) is 4.30. The molecule has 0 fully saturated rings. The topological polar surface area (TPSA) is 96.5 Å². The van der Waals surface area contributed by atoms with Crippen LogP contribution in [0.3, 0.4) is 0 Å². The lowest BCUT2D eigenvalue weighted by Crippen LogP contribution is -2.42. The molecule has 6 nitrogen and oxygen atoms in total. The molecule has 0 aliphatic carbocycles. The number of halogens is 3. The molecule has 3 N–H and O–H groups in total. The Hall–Kier alpha value is -2.32. The number of aromatic nitrogens is 1. The lowest BCUT2D eigenvalue weighted by molar-refractivity contribution is -0.149. The van der Waals surface area contributed by atoms with Crippen LogP contribution in [-0.2, 0) is 4.79 Å². The summed E-state index contributed by atoms with van der Waals surface area (Å²) in [6.45, 7) is -2.78. The molecule has 1 amide bonds. The molecule has 0 atom stereocenters. The highest BCUT2D eigenvalue weighted by Crippen LogP contribution is 2.19. The largest absolute Gasteiger partial charge is 0.480 e. The molecule has 1 aromatic rings. The molecule has 0 radical (unpaired) electrons. The van der Waals surface area contributed by atoms with Gasteiger partial charge >= 0.3 is 12.1 Å². The first-order chi connectivity index (χ1) is 8.70. The molecular weight excluding hydrogens is 267 g/mol. The zero-order valence-electron chi connectivity index (χ0n) is 9.52. The molecule has 1 rings (SSSR count). The Labute approximate surface area is 105 Å². The second-order valence-corrected chi connectivity index (χ2v) is 3.61. The summed E-state index contributed by atoms with van der Waals surface area (Å²) < 4.78 is 36.9. The Balaban J connectivity index is 3.01. The Bertz CT molecular complexity index is 490. The SMILES string of the molecule is Nc1cccnc1C(=O)N(CC(=O)O)CC(F)(F)F. The van der Waals surface area contributed by atoms with E-state index < -0.39 is 36.8 Å². The number of nitrogen functional groups attached to an aromatic ring is 1. The molecule has 1 aromatic heterocycles. The van der Waals surface area contributed by atoms with Gasteiger partial charge in [0, 0.05) is 6.20 Å². The number of alkyl halides is 3. The number of aliphatic carboxylic acids is 1. The van der Waals surface area contributed by atoms with Crippen LogP contribution in [0.1, 0.15) is 10.5 Å². The van der Waals surface area contributed by atoms with Gasteiger partial charge < -0.3 is 15.7 Å². The average Bonchev–Trinajstić information content (AvgIpc) is 2.25. The van der Waals surface area contributed by atoms with E-state index in [4.69, 9.17) is 10.8 Å². The number of carboxylic acids is 1. The van der Waals surface area contributed by atoms with E-state index in [0.29, 0.717) is 0 Å². The zero-order valence-corrected chi connectivity index (χ0v) is 9.52. The van der Waals surface area contributed by atoms with Crippen molar-refractivity contribution in [2.24, 2.45) is 0 Å². The van der Waals surface area contributed by atoms with Gasteiger partial charge in [0.25, 0.3) is 5.91 Å². The van der Waals surface area contributed by atoms with Crippen LogP contribution < -0.4 is 5.73 Å². The van der Waals surface area contributed by atoms with Crippen molar-refractivity contribution in [3.63, 3.8) is 0 Å². The summed E-state index contributed by atoms with van der Waals surface area (Å²) >= 11 is 0. The smallest absolute Gasteiger partial charge is 0.406 e. The Morgan fingerprint density at radius 1 is 1.42 bits per heavy atom. The second-order valence-electron chi connectivity index (χ2n) is 3.61. The summed E-state index contributed by atoms with van der Waals surface area (Å²) in [5.41, 5.74) is 4.89. The van der Waals surface area contributed by atoms with Crippen molar-refractivity contribution < 1.29 is 27.9 Å². The maximum Gasteiger partial charge on any atom is 0.406 e. The number of rotatable bonds is 4. The maximum atomic E-state index is 12.3. The first-order valence-corrected chi connectivity index (χ1v) is 4.99. The molecule has 0 bridgehead atoms. The van der Waals surface area contributed by atoms with E-state index in [0.717, 1.165) is 0 Å². The number of carbonyl (C=O) groups excluding carboxylic acids is 1. The number of carboxylic acid groups (broad SMARTS) is 1. The first-order valence-electron chi connectivity index (χ1n) is 4.99. The second kappa shape index (κ2) is 5.55. The van der Waals surface area contributed by atoms with Gasteiger partial charge in [-0.2, -0.15) is 13.2 Å². The molecule has 0 aliphatic heterocycles. The van der Waals surface area contributed by atoms with Gasteiger partial charge in [-0.25, -0.2) is 4.98 Å². The minimum Gasteiger partial charge on any atom is -0.480 e. The monoisotopic (exact) mass is 277 g/mol. The third-order valence-corrected chi connectivity index (χ3v) is 2.02. The summed E-state index contributed by atoms with van der Waals surface area (Å²) in [4.78, 5) is 26.0. The quantitative estimate of drug-likeness (QED) is 0.846. The summed E-state index contributed by atoms with van der Waals surface area (Å²) in [7, 11) is 0. The number of anilines is 1. The molecule has 0 saturated heterocycles. The van der Waals surface area contributed by atoms with E-state index in [-0.39, 0.29) is 10.6 Å². The van der Waals surface area contributed by atoms with E-state index >= 15 is 0 Å². The van der Waals surface area contributed by atoms with E-state index in [1.165, 1.54) is 18.3 Å². The van der Waals surface area contributed by atoms with E-state index in [1.807, 2.05) is 0 Å². The minimum atomic E-state index is -4.71. The number of carbonyl (C=O) groups is 2. The molecule has 0 saturated carbocycles. The average molecular weight is 277 g/mol. The van der Waals surface area contributed by atoms with Crippen molar-refractivity contribution >= 4 is 17.6 Å². The van der Waals surface area contributed by atoms with Gasteiger partial charge in [-0.1, -0.05) is 0 Å². The van der Waals surface area contributed by atoms with Gasteiger partial charge in [0.2, 0.25) is 0 Å². The number of hydrogen-bond donors (Lipinski definition) is 2. The number of nitrogens with two attached hydrogens (primary N) is 1. The first kappa shape index (κ1) is 14.7. The third-order valence-electron chi connectivity index (χ3n) is 2.02. The molecular formula is C10H10F3N3O3. The van der Waals surface area contributed by atoms with Crippen molar-refractivity contribution in [3.8, 4) is 0 Å². The fourth-order valence-electron chi connectivity index (χ4n) is 1.33. The fourth-order valence-corrected chi connectivity index (χ4v) is 1.33. The predicted molar refractivity (Wildman–Crippen MR) is 58.2 cm³/mol. The number of amides is 1. The van der Waals surface area contributed by atoms with Crippen molar-refractivity contribution in [2.45, 2.75) is 6.18 Å². The highest BCUT2D eigenvalue weighted by atomic mass is 19.4. The summed E-state index contributed by atoms with van der Waals surface area (Å²) in [6, 6.07) is 2.68. The van der Waals surface area contributed by atoms with E-state index in [2.05, 4.69) is 4.98 Å². The molecule has 0 unspecified atom stereocenters. The van der Waals surface area contributed by atoms with Gasteiger partial charge in [-0.3, -0.25) is 9.59 Å². The zero-order chi connectivity index (χ0) is 14.6. The summed E-state index contributed by atoms with van der Waals surface area (Å²) in [5.74, 6) is -2.75. The van der Waals surface area contributed by atoms with Crippen molar-refractivity contribution in [1.29, 1.82) is 0 Å². The van der Waals surface area contributed by atoms with Gasteiger partial charge in [-0.05, 0) is 12.1 Å². The van der Waals surface area contributed by atoms with Crippen LogP contribution in [0.25, 0.3) is 0 Å². The minimum absolute atomic E-state index is 0.120. The van der Waals surface area contributed by atoms with Crippen LogP contribution >= 0.6 is 0 Å². The number of pyridine rings is 1. The van der Waals surface area contributed by atoms with Crippen LogP contribution in [0.2, 0.25) is 0 Å². The molecule has 19 heavy (non-hydrogen) atoms. The predicted octanol–water partition coefficient (Wildman–Crippen LogP) is 0.753. The Morgan fingerprint density at radius 3 is 2.53 bits per heavy atom. The fraction of sp³-hybridized carbons (Fsp3) is 0.300. The number of hydrogen-bond acceptors (Lipinski definition) is 4. The van der Waals surface area contributed by atoms with Crippen LogP contribution in [0.15, 0.2) is 18.3 Å². The highest BCUT2D eigenvalue weighted by molar-refractivity contribution is 5.98. The van der Waals surface area contributed by atoms with E-state index in [1.54, 1.807) is 0 Å². The van der Waals surface area contributed by atoms with E-state index in [9.17, 15) is 22.8 Å². The molecule has 104 valence electrons. The van der Waals surface area contributed by atoms with Crippen LogP contribution in [0, 0.1) is 0 Å². The molecule has 1 heterocycles. The molecule has 0 spiro atoms. The lowest BCUT2D eigenvalue weighted by Gasteiger charge is -2.22. The molecule has 0 aromatic carbocycles. The van der Waals surface area contributed by atoms with Gasteiger partial charge in [0.15, 0.2) is 5.69 Å². The molecule has 9 heteroatoms. The van der Waals surface area contributed by atoms with Gasteiger partial charge in [0.1, 0.15) is 13.1 Å². The highest BCUT2D eigenvalue weighted by Gasteiger charge is 2.35.